The standard InChI is InChI=1S/C15H13ClN2O/c16-12-6-7-13-11(8-12)9-17-14(15(19)18-13)10-4-2-1-3-5-10/h1-8,14,17H,9H2,(H,18,19). The zero-order chi connectivity index (χ0) is 13.2. The Kier molecular flexibility index (Phi) is 3.23. The van der Waals surface area contributed by atoms with Crippen molar-refractivity contribution >= 4 is 23.2 Å². The Morgan fingerprint density at radius 1 is 1.11 bits per heavy atom. The van der Waals surface area contributed by atoms with Crippen molar-refractivity contribution in [1.82, 2.24) is 5.32 Å². The molecule has 96 valence electrons. The quantitative estimate of drug-likeness (QED) is 0.837. The summed E-state index contributed by atoms with van der Waals surface area (Å²) < 4.78 is 0. The molecule has 19 heavy (non-hydrogen) atoms. The van der Waals surface area contributed by atoms with Gasteiger partial charge in [-0.3, -0.25) is 10.1 Å². The van der Waals surface area contributed by atoms with Crippen LogP contribution in [0.15, 0.2) is 48.5 Å². The maximum atomic E-state index is 12.3. The van der Waals surface area contributed by atoms with E-state index in [0.717, 1.165) is 16.8 Å². The number of anilines is 1. The lowest BCUT2D eigenvalue weighted by Gasteiger charge is -2.14. The summed E-state index contributed by atoms with van der Waals surface area (Å²) in [6.07, 6.45) is 0. The van der Waals surface area contributed by atoms with Gasteiger partial charge in [0, 0.05) is 17.3 Å². The van der Waals surface area contributed by atoms with Crippen molar-refractivity contribution < 1.29 is 4.79 Å². The third-order valence-electron chi connectivity index (χ3n) is 3.22. The fourth-order valence-corrected chi connectivity index (χ4v) is 2.45. The molecule has 0 radical (unpaired) electrons. The van der Waals surface area contributed by atoms with Crippen LogP contribution in [0, 0.1) is 0 Å². The first-order chi connectivity index (χ1) is 9.24. The smallest absolute Gasteiger partial charge is 0.246 e. The van der Waals surface area contributed by atoms with Crippen LogP contribution < -0.4 is 10.6 Å². The van der Waals surface area contributed by atoms with Gasteiger partial charge in [0.25, 0.3) is 0 Å². The van der Waals surface area contributed by atoms with Gasteiger partial charge in [0.2, 0.25) is 5.91 Å². The normalized spacial score (nSPS) is 18.4. The molecule has 1 aliphatic rings. The molecule has 0 aromatic heterocycles. The van der Waals surface area contributed by atoms with Gasteiger partial charge in [-0.1, -0.05) is 41.9 Å². The minimum atomic E-state index is -0.340. The van der Waals surface area contributed by atoms with Crippen LogP contribution in [0.5, 0.6) is 0 Å². The van der Waals surface area contributed by atoms with E-state index in [1.54, 1.807) is 6.07 Å². The number of halogens is 1. The second-order valence-electron chi connectivity index (χ2n) is 4.52. The van der Waals surface area contributed by atoms with E-state index in [1.165, 1.54) is 0 Å². The fourth-order valence-electron chi connectivity index (χ4n) is 2.25. The van der Waals surface area contributed by atoms with Crippen LogP contribution in [0.4, 0.5) is 5.69 Å². The van der Waals surface area contributed by atoms with E-state index in [1.807, 2.05) is 42.5 Å². The molecule has 2 N–H and O–H groups in total. The molecular weight excluding hydrogens is 260 g/mol. The largest absolute Gasteiger partial charge is 0.324 e. The molecular formula is C15H13ClN2O. The summed E-state index contributed by atoms with van der Waals surface area (Å²) in [4.78, 5) is 12.3. The highest BCUT2D eigenvalue weighted by Gasteiger charge is 2.24. The van der Waals surface area contributed by atoms with Crippen LogP contribution in [0.25, 0.3) is 0 Å². The van der Waals surface area contributed by atoms with Gasteiger partial charge in [-0.05, 0) is 29.3 Å². The summed E-state index contributed by atoms with van der Waals surface area (Å²) in [5, 5.41) is 6.87. The first kappa shape index (κ1) is 12.2. The van der Waals surface area contributed by atoms with Crippen LogP contribution in [-0.4, -0.2) is 5.91 Å². The van der Waals surface area contributed by atoms with Crippen molar-refractivity contribution in [2.75, 3.05) is 5.32 Å². The molecule has 0 bridgehead atoms. The maximum absolute atomic E-state index is 12.3. The Balaban J connectivity index is 1.92. The van der Waals surface area contributed by atoms with Crippen molar-refractivity contribution in [2.45, 2.75) is 12.6 Å². The van der Waals surface area contributed by atoms with Gasteiger partial charge >= 0.3 is 0 Å². The average molecular weight is 273 g/mol. The first-order valence-electron chi connectivity index (χ1n) is 6.11. The second kappa shape index (κ2) is 5.03. The number of carbonyl (C=O) groups excluding carboxylic acids is 1. The first-order valence-corrected chi connectivity index (χ1v) is 6.49. The Bertz CT molecular complexity index is 613. The average Bonchev–Trinajstić information content (AvgIpc) is 2.58. The third kappa shape index (κ3) is 2.48. The number of carbonyl (C=O) groups is 1. The van der Waals surface area contributed by atoms with Crippen LogP contribution in [0.2, 0.25) is 5.02 Å². The number of hydrogen-bond acceptors (Lipinski definition) is 2. The zero-order valence-corrected chi connectivity index (χ0v) is 10.9. The number of fused-ring (bicyclic) bond motifs is 1. The molecule has 2 aromatic carbocycles. The Morgan fingerprint density at radius 3 is 2.68 bits per heavy atom. The molecule has 1 unspecified atom stereocenters. The van der Waals surface area contributed by atoms with E-state index in [-0.39, 0.29) is 11.9 Å². The van der Waals surface area contributed by atoms with Gasteiger partial charge in [0.1, 0.15) is 6.04 Å². The number of nitrogens with one attached hydrogen (secondary N) is 2. The number of rotatable bonds is 1. The SMILES string of the molecule is O=C1Nc2ccc(Cl)cc2CNC1c1ccccc1. The van der Waals surface area contributed by atoms with Crippen molar-refractivity contribution in [2.24, 2.45) is 0 Å². The Hall–Kier alpha value is -1.84. The molecule has 0 spiro atoms. The van der Waals surface area contributed by atoms with Crippen molar-refractivity contribution in [3.8, 4) is 0 Å². The van der Waals surface area contributed by atoms with E-state index in [9.17, 15) is 4.79 Å². The summed E-state index contributed by atoms with van der Waals surface area (Å²) in [5.41, 5.74) is 2.78. The van der Waals surface area contributed by atoms with Crippen LogP contribution in [-0.2, 0) is 11.3 Å². The summed E-state index contributed by atoms with van der Waals surface area (Å²) in [5.74, 6) is -0.0488. The predicted molar refractivity (Wildman–Crippen MR) is 76.1 cm³/mol. The lowest BCUT2D eigenvalue weighted by Crippen LogP contribution is -2.29. The van der Waals surface area contributed by atoms with Crippen LogP contribution >= 0.6 is 11.6 Å². The molecule has 1 atom stereocenters. The van der Waals surface area contributed by atoms with E-state index in [2.05, 4.69) is 10.6 Å². The second-order valence-corrected chi connectivity index (χ2v) is 4.95. The lowest BCUT2D eigenvalue weighted by molar-refractivity contribution is -0.118. The number of benzene rings is 2. The molecule has 0 fully saturated rings. The Morgan fingerprint density at radius 2 is 1.89 bits per heavy atom. The Labute approximate surface area is 116 Å². The van der Waals surface area contributed by atoms with Crippen molar-refractivity contribution in [3.63, 3.8) is 0 Å². The highest BCUT2D eigenvalue weighted by atomic mass is 35.5. The molecule has 3 nitrogen and oxygen atoms in total. The zero-order valence-electron chi connectivity index (χ0n) is 10.2. The molecule has 0 saturated carbocycles. The van der Waals surface area contributed by atoms with E-state index in [4.69, 9.17) is 11.6 Å². The van der Waals surface area contributed by atoms with Gasteiger partial charge < -0.3 is 5.32 Å². The molecule has 4 heteroatoms. The van der Waals surface area contributed by atoms with Gasteiger partial charge in [-0.15, -0.1) is 0 Å². The highest BCUT2D eigenvalue weighted by molar-refractivity contribution is 6.30. The highest BCUT2D eigenvalue weighted by Crippen LogP contribution is 2.26. The van der Waals surface area contributed by atoms with Gasteiger partial charge in [-0.25, -0.2) is 0 Å². The van der Waals surface area contributed by atoms with Gasteiger partial charge in [0.05, 0.1) is 0 Å². The van der Waals surface area contributed by atoms with Crippen molar-refractivity contribution in [3.05, 3.63) is 64.7 Å². The van der Waals surface area contributed by atoms with Gasteiger partial charge in [0.15, 0.2) is 0 Å². The minimum Gasteiger partial charge on any atom is -0.324 e. The third-order valence-corrected chi connectivity index (χ3v) is 3.45. The lowest BCUT2D eigenvalue weighted by atomic mass is 10.1. The number of amides is 1. The van der Waals surface area contributed by atoms with Gasteiger partial charge in [-0.2, -0.15) is 0 Å². The topological polar surface area (TPSA) is 41.1 Å². The van der Waals surface area contributed by atoms with E-state index < -0.39 is 0 Å². The van der Waals surface area contributed by atoms with E-state index in [0.29, 0.717) is 11.6 Å². The molecule has 0 saturated heterocycles. The molecule has 2 aromatic rings. The number of hydrogen-bond donors (Lipinski definition) is 2. The monoisotopic (exact) mass is 272 g/mol. The summed E-state index contributed by atoms with van der Waals surface area (Å²) in [7, 11) is 0. The molecule has 1 aliphatic heterocycles. The van der Waals surface area contributed by atoms with Crippen molar-refractivity contribution in [1.29, 1.82) is 0 Å². The minimum absolute atomic E-state index is 0.0488. The molecule has 1 amide bonds. The summed E-state index contributed by atoms with van der Waals surface area (Å²) in [6.45, 7) is 0.605. The molecule has 3 rings (SSSR count). The van der Waals surface area contributed by atoms with Crippen LogP contribution in [0.3, 0.4) is 0 Å². The summed E-state index contributed by atoms with van der Waals surface area (Å²) in [6, 6.07) is 14.8. The molecule has 1 heterocycles. The molecule has 0 aliphatic carbocycles. The van der Waals surface area contributed by atoms with Crippen LogP contribution in [0.1, 0.15) is 17.2 Å². The maximum Gasteiger partial charge on any atom is 0.246 e. The summed E-state index contributed by atoms with van der Waals surface area (Å²) >= 11 is 5.98. The van der Waals surface area contributed by atoms with E-state index >= 15 is 0 Å². The predicted octanol–water partition coefficient (Wildman–Crippen LogP) is 3.12. The fraction of sp³-hybridized carbons (Fsp3) is 0.133.